The maximum absolute atomic E-state index is 13.0. The molecule has 0 atom stereocenters. The van der Waals surface area contributed by atoms with Gasteiger partial charge in [0.25, 0.3) is 0 Å². The Kier molecular flexibility index (Phi) is 5.48. The molecule has 0 spiro atoms. The average Bonchev–Trinajstić information content (AvgIpc) is 3.06. The highest BCUT2D eigenvalue weighted by atomic mass is 32.2. The van der Waals surface area contributed by atoms with Crippen LogP contribution in [0.2, 0.25) is 0 Å². The van der Waals surface area contributed by atoms with Crippen LogP contribution in [0.4, 0.5) is 18.9 Å². The van der Waals surface area contributed by atoms with Gasteiger partial charge < -0.3 is 5.32 Å². The Morgan fingerprint density at radius 1 is 1.21 bits per heavy atom. The molecule has 0 aliphatic rings. The molecule has 0 saturated heterocycles. The molecule has 0 saturated carbocycles. The Hall–Kier alpha value is -2.09. The van der Waals surface area contributed by atoms with E-state index in [-0.39, 0.29) is 28.5 Å². The van der Waals surface area contributed by atoms with Gasteiger partial charge in [-0.05, 0) is 29.6 Å². The van der Waals surface area contributed by atoms with Crippen LogP contribution in [-0.2, 0) is 16.2 Å². The van der Waals surface area contributed by atoms with Crippen molar-refractivity contribution < 1.29 is 21.6 Å². The largest absolute Gasteiger partial charge is 0.418 e. The molecule has 2 N–H and O–H groups in total. The van der Waals surface area contributed by atoms with Crippen molar-refractivity contribution in [3.05, 3.63) is 46.8 Å². The van der Waals surface area contributed by atoms with E-state index < -0.39 is 21.8 Å². The Labute approximate surface area is 140 Å². The molecule has 128 valence electrons. The monoisotopic (exact) mass is 375 g/mol. The molecule has 24 heavy (non-hydrogen) atoms. The molecule has 0 aliphatic carbocycles. The lowest BCUT2D eigenvalue weighted by Crippen LogP contribution is -2.28. The van der Waals surface area contributed by atoms with Crippen molar-refractivity contribution in [1.29, 1.82) is 5.26 Å². The second kappa shape index (κ2) is 7.21. The summed E-state index contributed by atoms with van der Waals surface area (Å²) >= 11 is 1.04. The lowest BCUT2D eigenvalue weighted by molar-refractivity contribution is -0.137. The van der Waals surface area contributed by atoms with Crippen LogP contribution in [0.1, 0.15) is 11.1 Å². The van der Waals surface area contributed by atoms with Gasteiger partial charge in [-0.1, -0.05) is 6.07 Å². The molecule has 0 bridgehead atoms. The highest BCUT2D eigenvalue weighted by Gasteiger charge is 2.33. The SMILES string of the molecule is N#Cc1ccc(NCCNS(=O)(=O)c2cccs2)c(C(F)(F)F)c1. The van der Waals surface area contributed by atoms with Gasteiger partial charge in [0.05, 0.1) is 17.2 Å². The first-order valence-corrected chi connectivity index (χ1v) is 8.99. The molecule has 5 nitrogen and oxygen atoms in total. The third-order valence-electron chi connectivity index (χ3n) is 2.95. The third-order valence-corrected chi connectivity index (χ3v) is 5.81. The smallest absolute Gasteiger partial charge is 0.383 e. The molecule has 10 heteroatoms. The van der Waals surface area contributed by atoms with Gasteiger partial charge in [-0.3, -0.25) is 0 Å². The normalized spacial score (nSPS) is 11.9. The second-order valence-electron chi connectivity index (χ2n) is 4.63. The molecule has 0 radical (unpaired) electrons. The van der Waals surface area contributed by atoms with Crippen LogP contribution in [-0.4, -0.2) is 21.5 Å². The Bertz CT molecular complexity index is 841. The fraction of sp³-hybridized carbons (Fsp3) is 0.214. The number of nitrogens with one attached hydrogen (secondary N) is 2. The average molecular weight is 375 g/mol. The van der Waals surface area contributed by atoms with Gasteiger partial charge in [0, 0.05) is 18.8 Å². The predicted molar refractivity (Wildman–Crippen MR) is 84.2 cm³/mol. The molecular formula is C14H12F3N3O2S2. The van der Waals surface area contributed by atoms with Gasteiger partial charge in [0.2, 0.25) is 10.0 Å². The number of sulfonamides is 1. The van der Waals surface area contributed by atoms with Gasteiger partial charge in [0.15, 0.2) is 0 Å². The van der Waals surface area contributed by atoms with Crippen LogP contribution >= 0.6 is 11.3 Å². The van der Waals surface area contributed by atoms with E-state index in [1.807, 2.05) is 0 Å². The standard InChI is InChI=1S/C14H12F3N3O2S2/c15-14(16,17)11-8-10(9-18)3-4-12(11)19-5-6-20-24(21,22)13-2-1-7-23-13/h1-4,7-8,19-20H,5-6H2. The van der Waals surface area contributed by atoms with Crippen molar-refractivity contribution in [2.24, 2.45) is 0 Å². The van der Waals surface area contributed by atoms with Crippen molar-refractivity contribution in [2.45, 2.75) is 10.4 Å². The minimum absolute atomic E-state index is 0.0421. The number of alkyl halides is 3. The molecule has 2 rings (SSSR count). The number of hydrogen-bond acceptors (Lipinski definition) is 5. The third kappa shape index (κ3) is 4.47. The van der Waals surface area contributed by atoms with Crippen molar-refractivity contribution in [1.82, 2.24) is 4.72 Å². The first-order chi connectivity index (χ1) is 11.2. The molecule has 2 aromatic rings. The van der Waals surface area contributed by atoms with Crippen LogP contribution in [0.3, 0.4) is 0 Å². The maximum atomic E-state index is 13.0. The van der Waals surface area contributed by atoms with E-state index >= 15 is 0 Å². The summed E-state index contributed by atoms with van der Waals surface area (Å²) in [6.45, 7) is -0.128. The lowest BCUT2D eigenvalue weighted by atomic mass is 10.1. The van der Waals surface area contributed by atoms with Gasteiger partial charge in [-0.2, -0.15) is 18.4 Å². The fourth-order valence-corrected chi connectivity index (χ4v) is 3.94. The van der Waals surface area contributed by atoms with Crippen molar-refractivity contribution in [3.8, 4) is 6.07 Å². The highest BCUT2D eigenvalue weighted by molar-refractivity contribution is 7.91. The molecule has 1 aromatic heterocycles. The Morgan fingerprint density at radius 3 is 2.54 bits per heavy atom. The number of anilines is 1. The van der Waals surface area contributed by atoms with Gasteiger partial charge in [-0.15, -0.1) is 11.3 Å². The minimum Gasteiger partial charge on any atom is -0.383 e. The summed E-state index contributed by atoms with van der Waals surface area (Å²) in [5.41, 5.74) is -1.29. The van der Waals surface area contributed by atoms with Gasteiger partial charge in [-0.25, -0.2) is 13.1 Å². The number of thiophene rings is 1. The summed E-state index contributed by atoms with van der Waals surface area (Å²) in [5, 5.41) is 12.8. The molecule has 0 unspecified atom stereocenters. The Balaban J connectivity index is 2.01. The summed E-state index contributed by atoms with van der Waals surface area (Å²) in [7, 11) is -3.66. The molecular weight excluding hydrogens is 363 g/mol. The topological polar surface area (TPSA) is 82.0 Å². The van der Waals surface area contributed by atoms with Crippen LogP contribution in [0.5, 0.6) is 0 Å². The van der Waals surface area contributed by atoms with E-state index in [9.17, 15) is 21.6 Å². The second-order valence-corrected chi connectivity index (χ2v) is 7.57. The zero-order chi connectivity index (χ0) is 17.8. The first-order valence-electron chi connectivity index (χ1n) is 6.62. The van der Waals surface area contributed by atoms with Crippen molar-refractivity contribution in [3.63, 3.8) is 0 Å². The first kappa shape index (κ1) is 18.3. The zero-order valence-corrected chi connectivity index (χ0v) is 13.7. The number of benzene rings is 1. The zero-order valence-electron chi connectivity index (χ0n) is 12.1. The van der Waals surface area contributed by atoms with Crippen LogP contribution in [0.25, 0.3) is 0 Å². The highest BCUT2D eigenvalue weighted by Crippen LogP contribution is 2.35. The molecule has 1 aromatic carbocycles. The van der Waals surface area contributed by atoms with Crippen LogP contribution in [0.15, 0.2) is 39.9 Å². The molecule has 1 heterocycles. The number of halogens is 3. The van der Waals surface area contributed by atoms with Gasteiger partial charge in [0.1, 0.15) is 4.21 Å². The van der Waals surface area contributed by atoms with Crippen molar-refractivity contribution in [2.75, 3.05) is 18.4 Å². The molecule has 0 aliphatic heterocycles. The maximum Gasteiger partial charge on any atom is 0.418 e. The van der Waals surface area contributed by atoms with E-state index in [4.69, 9.17) is 5.26 Å². The lowest BCUT2D eigenvalue weighted by Gasteiger charge is -2.15. The number of nitrogens with zero attached hydrogens (tertiary/aromatic N) is 1. The summed E-state index contributed by atoms with van der Waals surface area (Å²) < 4.78 is 65.1. The fourth-order valence-electron chi connectivity index (χ4n) is 1.87. The summed E-state index contributed by atoms with van der Waals surface area (Å²) in [6.07, 6.45) is -4.62. The van der Waals surface area contributed by atoms with E-state index in [0.29, 0.717) is 0 Å². The summed E-state index contributed by atoms with van der Waals surface area (Å²) in [6, 6.07) is 7.83. The Morgan fingerprint density at radius 2 is 1.96 bits per heavy atom. The quantitative estimate of drug-likeness (QED) is 0.761. The van der Waals surface area contributed by atoms with E-state index in [0.717, 1.165) is 23.5 Å². The number of nitriles is 1. The number of hydrogen-bond donors (Lipinski definition) is 2. The van der Waals surface area contributed by atoms with Crippen molar-refractivity contribution >= 4 is 27.0 Å². The van der Waals surface area contributed by atoms with Crippen LogP contribution < -0.4 is 10.0 Å². The summed E-state index contributed by atoms with van der Waals surface area (Å²) in [4.78, 5) is 0. The van der Waals surface area contributed by atoms with Crippen LogP contribution in [0, 0.1) is 11.3 Å². The molecule has 0 fully saturated rings. The number of rotatable bonds is 6. The summed E-state index contributed by atoms with van der Waals surface area (Å²) in [5.74, 6) is 0. The van der Waals surface area contributed by atoms with Gasteiger partial charge >= 0.3 is 6.18 Å². The van der Waals surface area contributed by atoms with E-state index in [1.165, 1.54) is 12.1 Å². The van der Waals surface area contributed by atoms with E-state index in [2.05, 4.69) is 10.0 Å². The van der Waals surface area contributed by atoms with E-state index in [1.54, 1.807) is 17.5 Å². The molecule has 0 amide bonds. The predicted octanol–water partition coefficient (Wildman–Crippen LogP) is 3.03. The minimum atomic E-state index is -4.62.